The number of phenolic OH excluding ortho intramolecular Hbond substituents is 1. The lowest BCUT2D eigenvalue weighted by Gasteiger charge is -2.09. The molecule has 0 saturated heterocycles. The number of hydrazone groups is 1. The van der Waals surface area contributed by atoms with Crippen LogP contribution in [0.25, 0.3) is 0 Å². The predicted octanol–water partition coefficient (Wildman–Crippen LogP) is 2.35. The van der Waals surface area contributed by atoms with Crippen LogP contribution in [0.1, 0.15) is 17.2 Å². The molecule has 23 heavy (non-hydrogen) atoms. The highest BCUT2D eigenvalue weighted by Gasteiger charge is 2.16. The molecule has 0 fully saturated rings. The first-order chi connectivity index (χ1) is 11.0. The number of carbonyl (C=O) groups excluding carboxylic acids is 1. The van der Waals surface area contributed by atoms with Crippen LogP contribution >= 0.6 is 15.9 Å². The minimum atomic E-state index is -1.30. The van der Waals surface area contributed by atoms with Crippen molar-refractivity contribution in [2.45, 2.75) is 6.10 Å². The molecule has 0 radical (unpaired) electrons. The maximum absolute atomic E-state index is 11.8. The fourth-order valence-corrected chi connectivity index (χ4v) is 2.30. The summed E-state index contributed by atoms with van der Waals surface area (Å²) in [6.07, 6.45) is 0.0805. The number of hydrogen-bond acceptors (Lipinski definition) is 5. The Labute approximate surface area is 141 Å². The van der Waals surface area contributed by atoms with Crippen LogP contribution in [0.3, 0.4) is 0 Å². The maximum Gasteiger partial charge on any atom is 0.273 e. The van der Waals surface area contributed by atoms with Gasteiger partial charge in [0.25, 0.3) is 5.91 Å². The van der Waals surface area contributed by atoms with Gasteiger partial charge in [-0.05, 0) is 39.2 Å². The monoisotopic (exact) mass is 378 g/mol. The molecule has 2 aromatic carbocycles. The molecule has 3 N–H and O–H groups in total. The molecule has 2 aromatic rings. The van der Waals surface area contributed by atoms with Gasteiger partial charge >= 0.3 is 0 Å². The number of methoxy groups -OCH3 is 1. The molecule has 0 saturated carbocycles. The minimum Gasteiger partial charge on any atom is -0.503 e. The molecule has 0 aromatic heterocycles. The topological polar surface area (TPSA) is 91.2 Å². The molecule has 0 spiro atoms. The normalized spacial score (nSPS) is 12.1. The average molecular weight is 379 g/mol. The third-order valence-electron chi connectivity index (χ3n) is 3.02. The second-order valence-corrected chi connectivity index (χ2v) is 5.46. The number of carbonyl (C=O) groups is 1. The van der Waals surface area contributed by atoms with Crippen molar-refractivity contribution in [3.8, 4) is 11.5 Å². The van der Waals surface area contributed by atoms with Crippen LogP contribution in [0, 0.1) is 0 Å². The average Bonchev–Trinajstić information content (AvgIpc) is 2.57. The van der Waals surface area contributed by atoms with Crippen LogP contribution in [0.5, 0.6) is 11.5 Å². The van der Waals surface area contributed by atoms with Gasteiger partial charge in [0, 0.05) is 0 Å². The summed E-state index contributed by atoms with van der Waals surface area (Å²) < 4.78 is 5.46. The van der Waals surface area contributed by atoms with Crippen LogP contribution < -0.4 is 10.2 Å². The molecule has 0 bridgehead atoms. The van der Waals surface area contributed by atoms with E-state index in [0.29, 0.717) is 15.6 Å². The highest BCUT2D eigenvalue weighted by atomic mass is 79.9. The van der Waals surface area contributed by atoms with Gasteiger partial charge < -0.3 is 14.9 Å². The molecule has 1 amide bonds. The number of nitrogens with one attached hydrogen (secondary N) is 1. The Balaban J connectivity index is 2.04. The summed E-state index contributed by atoms with van der Waals surface area (Å²) >= 11 is 3.19. The fourth-order valence-electron chi connectivity index (χ4n) is 1.84. The molecule has 7 heteroatoms. The van der Waals surface area contributed by atoms with Gasteiger partial charge in [-0.25, -0.2) is 5.43 Å². The van der Waals surface area contributed by atoms with Crippen LogP contribution in [-0.4, -0.2) is 29.4 Å². The van der Waals surface area contributed by atoms with Crippen molar-refractivity contribution < 1.29 is 19.7 Å². The second-order valence-electron chi connectivity index (χ2n) is 4.60. The lowest BCUT2D eigenvalue weighted by atomic mass is 10.1. The number of aliphatic hydroxyl groups is 1. The molecular weight excluding hydrogens is 364 g/mol. The van der Waals surface area contributed by atoms with Crippen LogP contribution in [-0.2, 0) is 4.79 Å². The van der Waals surface area contributed by atoms with Gasteiger partial charge in [0.1, 0.15) is 0 Å². The van der Waals surface area contributed by atoms with Crippen LogP contribution in [0.4, 0.5) is 0 Å². The summed E-state index contributed by atoms with van der Waals surface area (Å²) in [6.45, 7) is 0. The smallest absolute Gasteiger partial charge is 0.273 e. The molecule has 1 atom stereocenters. The standard InChI is InChI=1S/C16H15BrN2O4/c1-23-13-8-10(7-12(17)15(13)21)9-18-19-16(22)14(20)11-5-3-2-4-6-11/h2-9,14,20-21H,1H3,(H,19,22). The van der Waals surface area contributed by atoms with E-state index < -0.39 is 12.0 Å². The molecular formula is C16H15BrN2O4. The number of benzene rings is 2. The zero-order valence-corrected chi connectivity index (χ0v) is 13.8. The number of hydrogen-bond donors (Lipinski definition) is 3. The van der Waals surface area contributed by atoms with Crippen molar-refractivity contribution in [3.63, 3.8) is 0 Å². The van der Waals surface area contributed by atoms with Crippen molar-refractivity contribution in [1.29, 1.82) is 0 Å². The van der Waals surface area contributed by atoms with Gasteiger partial charge in [0.2, 0.25) is 0 Å². The molecule has 0 heterocycles. The zero-order chi connectivity index (χ0) is 16.8. The summed E-state index contributed by atoms with van der Waals surface area (Å²) in [5, 5.41) is 23.4. The number of nitrogens with zero attached hydrogens (tertiary/aromatic N) is 1. The van der Waals surface area contributed by atoms with Gasteiger partial charge in [0.05, 0.1) is 17.8 Å². The summed E-state index contributed by atoms with van der Waals surface area (Å²) in [6, 6.07) is 11.7. The first-order valence-electron chi connectivity index (χ1n) is 6.65. The van der Waals surface area contributed by atoms with Crippen molar-refractivity contribution >= 4 is 28.1 Å². The Bertz CT molecular complexity index is 720. The number of ether oxygens (including phenoxy) is 1. The van der Waals surface area contributed by atoms with E-state index in [4.69, 9.17) is 4.74 Å². The van der Waals surface area contributed by atoms with Gasteiger partial charge in [-0.2, -0.15) is 5.10 Å². The van der Waals surface area contributed by atoms with Gasteiger partial charge in [0.15, 0.2) is 17.6 Å². The summed E-state index contributed by atoms with van der Waals surface area (Å²) in [5.74, 6) is -0.387. The number of aliphatic hydroxyl groups excluding tert-OH is 1. The lowest BCUT2D eigenvalue weighted by Crippen LogP contribution is -2.25. The van der Waals surface area contributed by atoms with E-state index in [-0.39, 0.29) is 11.5 Å². The van der Waals surface area contributed by atoms with E-state index in [2.05, 4.69) is 26.5 Å². The third-order valence-corrected chi connectivity index (χ3v) is 3.63. The minimum absolute atomic E-state index is 0.0202. The number of aromatic hydroxyl groups is 1. The Morgan fingerprint density at radius 1 is 1.35 bits per heavy atom. The van der Waals surface area contributed by atoms with Gasteiger partial charge in [-0.1, -0.05) is 30.3 Å². The van der Waals surface area contributed by atoms with E-state index in [0.717, 1.165) is 0 Å². The molecule has 6 nitrogen and oxygen atoms in total. The molecule has 2 rings (SSSR count). The molecule has 1 unspecified atom stereocenters. The predicted molar refractivity (Wildman–Crippen MR) is 89.5 cm³/mol. The molecule has 0 aliphatic heterocycles. The number of phenols is 1. The van der Waals surface area contributed by atoms with E-state index >= 15 is 0 Å². The first-order valence-corrected chi connectivity index (χ1v) is 7.44. The Morgan fingerprint density at radius 2 is 2.04 bits per heavy atom. The molecule has 120 valence electrons. The van der Waals surface area contributed by atoms with Crippen molar-refractivity contribution in [1.82, 2.24) is 5.43 Å². The van der Waals surface area contributed by atoms with Crippen molar-refractivity contribution in [3.05, 3.63) is 58.1 Å². The maximum atomic E-state index is 11.8. The largest absolute Gasteiger partial charge is 0.503 e. The quantitative estimate of drug-likeness (QED) is 0.550. The summed E-state index contributed by atoms with van der Waals surface area (Å²) in [5.41, 5.74) is 3.34. The Morgan fingerprint density at radius 3 is 2.70 bits per heavy atom. The number of amides is 1. The number of rotatable bonds is 5. The van der Waals surface area contributed by atoms with Crippen molar-refractivity contribution in [2.24, 2.45) is 5.10 Å². The van der Waals surface area contributed by atoms with Gasteiger partial charge in [-0.3, -0.25) is 4.79 Å². The fraction of sp³-hybridized carbons (Fsp3) is 0.125. The first kappa shape index (κ1) is 17.0. The second kappa shape index (κ2) is 7.75. The zero-order valence-electron chi connectivity index (χ0n) is 12.2. The number of halogens is 1. The Kier molecular flexibility index (Phi) is 5.72. The molecule has 0 aliphatic carbocycles. The highest BCUT2D eigenvalue weighted by molar-refractivity contribution is 9.10. The van der Waals surface area contributed by atoms with E-state index in [1.54, 1.807) is 42.5 Å². The third kappa shape index (κ3) is 4.30. The van der Waals surface area contributed by atoms with Crippen molar-refractivity contribution in [2.75, 3.05) is 7.11 Å². The SMILES string of the molecule is COc1cc(C=NNC(=O)C(O)c2ccccc2)cc(Br)c1O. The van der Waals surface area contributed by atoms with Crippen LogP contribution in [0.2, 0.25) is 0 Å². The van der Waals surface area contributed by atoms with E-state index in [1.807, 2.05) is 0 Å². The Hall–Kier alpha value is -2.38. The highest BCUT2D eigenvalue weighted by Crippen LogP contribution is 2.34. The lowest BCUT2D eigenvalue weighted by molar-refractivity contribution is -0.129. The summed E-state index contributed by atoms with van der Waals surface area (Å²) in [7, 11) is 1.43. The van der Waals surface area contributed by atoms with E-state index in [9.17, 15) is 15.0 Å². The molecule has 0 aliphatic rings. The van der Waals surface area contributed by atoms with Crippen LogP contribution in [0.15, 0.2) is 52.0 Å². The van der Waals surface area contributed by atoms with E-state index in [1.165, 1.54) is 13.3 Å². The van der Waals surface area contributed by atoms with Gasteiger partial charge in [-0.15, -0.1) is 0 Å². The summed E-state index contributed by atoms with van der Waals surface area (Å²) in [4.78, 5) is 11.8.